The van der Waals surface area contributed by atoms with Gasteiger partial charge in [-0.15, -0.1) is 0 Å². The Morgan fingerprint density at radius 3 is 2.44 bits per heavy atom. The molecule has 3 rings (SSSR count). The molecule has 2 aromatic heterocycles. The Hall–Kier alpha value is -2.17. The van der Waals surface area contributed by atoms with Crippen LogP contribution in [0.1, 0.15) is 0 Å². The summed E-state index contributed by atoms with van der Waals surface area (Å²) in [6.07, 6.45) is 0. The van der Waals surface area contributed by atoms with Crippen LogP contribution in [0.25, 0.3) is 11.2 Å². The van der Waals surface area contributed by atoms with E-state index >= 15 is 0 Å². The third-order valence-corrected chi connectivity index (χ3v) is 5.39. The quantitative estimate of drug-likeness (QED) is 0.493. The molecule has 0 saturated carbocycles. The number of rotatable bonds is 6. The van der Waals surface area contributed by atoms with Gasteiger partial charge in [0.25, 0.3) is 5.56 Å². The molecular formula is C15H15N4O6PS-2. The third-order valence-electron chi connectivity index (χ3n) is 3.84. The first-order chi connectivity index (χ1) is 12.7. The number of aromatic nitrogens is 4. The molecule has 0 bridgehead atoms. The smallest absolute Gasteiger partial charge is 0.332 e. The third kappa shape index (κ3) is 4.07. The summed E-state index contributed by atoms with van der Waals surface area (Å²) >= 11 is 1.33. The molecule has 0 aliphatic heterocycles. The molecule has 0 atom stereocenters. The molecule has 0 unspecified atom stereocenters. The number of phosphoric ester groups is 1. The first-order valence-electron chi connectivity index (χ1n) is 7.75. The number of hydrogen-bond acceptors (Lipinski definition) is 8. The van der Waals surface area contributed by atoms with E-state index in [-0.39, 0.29) is 17.7 Å². The number of aryl methyl sites for hydroxylation is 2. The van der Waals surface area contributed by atoms with Crippen LogP contribution in [0.5, 0.6) is 0 Å². The number of benzene rings is 1. The molecule has 144 valence electrons. The molecule has 0 amide bonds. The van der Waals surface area contributed by atoms with Crippen LogP contribution in [0.4, 0.5) is 0 Å². The van der Waals surface area contributed by atoms with E-state index < -0.39 is 25.7 Å². The van der Waals surface area contributed by atoms with Crippen LogP contribution < -0.4 is 21.0 Å². The zero-order chi connectivity index (χ0) is 19.8. The summed E-state index contributed by atoms with van der Waals surface area (Å²) in [7, 11) is -2.08. The largest absolute Gasteiger partial charge is 0.790 e. The predicted octanol–water partition coefficient (Wildman–Crippen LogP) is -0.570. The first kappa shape index (κ1) is 19.6. The number of imidazole rings is 1. The van der Waals surface area contributed by atoms with E-state index in [1.807, 2.05) is 30.3 Å². The van der Waals surface area contributed by atoms with Gasteiger partial charge in [0.15, 0.2) is 16.3 Å². The van der Waals surface area contributed by atoms with Crippen molar-refractivity contribution in [1.29, 1.82) is 0 Å². The first-order valence-corrected chi connectivity index (χ1v) is 10.0. The van der Waals surface area contributed by atoms with Crippen LogP contribution >= 0.6 is 19.6 Å². The van der Waals surface area contributed by atoms with Crippen LogP contribution in [0.2, 0.25) is 0 Å². The lowest BCUT2D eigenvalue weighted by molar-refractivity contribution is -0.341. The summed E-state index contributed by atoms with van der Waals surface area (Å²) in [5, 5.41) is 0.515. The SMILES string of the molecule is Cn1c(Sc2ccccc2)nc2c1c(=O)n(CCOP(=O)([O-])[O-])c(=O)n2C. The molecule has 0 spiro atoms. The monoisotopic (exact) mass is 410 g/mol. The highest BCUT2D eigenvalue weighted by Gasteiger charge is 2.19. The van der Waals surface area contributed by atoms with Crippen molar-refractivity contribution >= 4 is 30.7 Å². The van der Waals surface area contributed by atoms with E-state index in [1.165, 1.54) is 23.4 Å². The van der Waals surface area contributed by atoms with E-state index in [1.54, 1.807) is 11.6 Å². The predicted molar refractivity (Wildman–Crippen MR) is 94.3 cm³/mol. The lowest BCUT2D eigenvalue weighted by Gasteiger charge is -2.28. The zero-order valence-electron chi connectivity index (χ0n) is 14.4. The van der Waals surface area contributed by atoms with Gasteiger partial charge >= 0.3 is 5.69 Å². The van der Waals surface area contributed by atoms with Crippen LogP contribution in [0, 0.1) is 0 Å². The topological polar surface area (TPSA) is 134 Å². The minimum Gasteiger partial charge on any atom is -0.790 e. The van der Waals surface area contributed by atoms with Gasteiger partial charge in [0.2, 0.25) is 0 Å². The minimum atomic E-state index is -5.18. The van der Waals surface area contributed by atoms with Crippen molar-refractivity contribution < 1.29 is 18.9 Å². The Bertz CT molecular complexity index is 1150. The van der Waals surface area contributed by atoms with E-state index in [9.17, 15) is 23.9 Å². The molecule has 27 heavy (non-hydrogen) atoms. The Labute approximate surface area is 157 Å². The minimum absolute atomic E-state index is 0.183. The number of fused-ring (bicyclic) bond motifs is 1. The molecule has 3 aromatic rings. The Kier molecular flexibility index (Phi) is 5.41. The van der Waals surface area contributed by atoms with Gasteiger partial charge in [0.1, 0.15) is 0 Å². The number of hydrogen-bond donors (Lipinski definition) is 0. The normalized spacial score (nSPS) is 12.0. The van der Waals surface area contributed by atoms with Crippen LogP contribution in [0.3, 0.4) is 0 Å². The van der Waals surface area contributed by atoms with Crippen molar-refractivity contribution in [2.45, 2.75) is 16.6 Å². The standard InChI is InChI=1S/C15H17N4O6PS/c1-17-11-12(16-14(17)27-10-6-4-3-5-7-10)18(2)15(21)19(13(11)20)8-9-25-26(22,23)24/h3-7H,8-9H2,1-2H3,(H2,22,23,24)/p-2. The van der Waals surface area contributed by atoms with Gasteiger partial charge in [-0.25, -0.2) is 9.78 Å². The highest BCUT2D eigenvalue weighted by molar-refractivity contribution is 7.99. The second-order valence-corrected chi connectivity index (χ2v) is 7.81. The maximum Gasteiger partial charge on any atom is 0.332 e. The van der Waals surface area contributed by atoms with Gasteiger partial charge in [0, 0.05) is 19.0 Å². The summed E-state index contributed by atoms with van der Waals surface area (Å²) in [5.74, 6) is 0. The van der Waals surface area contributed by atoms with Crippen molar-refractivity contribution in [2.75, 3.05) is 6.61 Å². The molecule has 12 heteroatoms. The lowest BCUT2D eigenvalue weighted by Crippen LogP contribution is -2.40. The zero-order valence-corrected chi connectivity index (χ0v) is 16.1. The molecule has 0 saturated heterocycles. The maximum atomic E-state index is 12.7. The average Bonchev–Trinajstić information content (AvgIpc) is 2.93. The lowest BCUT2D eigenvalue weighted by atomic mass is 10.4. The Balaban J connectivity index is 2.05. The van der Waals surface area contributed by atoms with Gasteiger partial charge in [-0.2, -0.15) is 0 Å². The molecule has 1 aromatic carbocycles. The fourth-order valence-corrected chi connectivity index (χ4v) is 3.72. The van der Waals surface area contributed by atoms with Crippen LogP contribution in [0.15, 0.2) is 50.0 Å². The van der Waals surface area contributed by atoms with Gasteiger partial charge in [-0.05, 0) is 12.1 Å². The summed E-state index contributed by atoms with van der Waals surface area (Å²) in [5.41, 5.74) is -0.931. The van der Waals surface area contributed by atoms with E-state index in [0.29, 0.717) is 5.16 Å². The maximum absolute atomic E-state index is 12.7. The summed E-state index contributed by atoms with van der Waals surface area (Å²) in [6.45, 7) is -0.976. The number of nitrogens with zero attached hydrogens (tertiary/aromatic N) is 4. The number of phosphoric acid groups is 1. The van der Waals surface area contributed by atoms with Gasteiger partial charge in [-0.1, -0.05) is 30.0 Å². The van der Waals surface area contributed by atoms with E-state index in [4.69, 9.17) is 0 Å². The van der Waals surface area contributed by atoms with Crippen LogP contribution in [-0.4, -0.2) is 25.3 Å². The summed E-state index contributed by atoms with van der Waals surface area (Å²) in [4.78, 5) is 51.6. The molecule has 0 aliphatic carbocycles. The molecular weight excluding hydrogens is 395 g/mol. The van der Waals surface area contributed by atoms with Gasteiger partial charge in [0.05, 0.1) is 21.0 Å². The van der Waals surface area contributed by atoms with Crippen molar-refractivity contribution in [1.82, 2.24) is 18.7 Å². The average molecular weight is 410 g/mol. The molecule has 0 aliphatic rings. The molecule has 0 N–H and O–H groups in total. The van der Waals surface area contributed by atoms with Crippen molar-refractivity contribution in [2.24, 2.45) is 14.1 Å². The van der Waals surface area contributed by atoms with E-state index in [2.05, 4.69) is 9.51 Å². The van der Waals surface area contributed by atoms with E-state index in [0.717, 1.165) is 9.46 Å². The second kappa shape index (κ2) is 7.45. The fraction of sp³-hybridized carbons (Fsp3) is 0.267. The van der Waals surface area contributed by atoms with Crippen molar-refractivity contribution in [3.63, 3.8) is 0 Å². The summed E-state index contributed by atoms with van der Waals surface area (Å²) < 4.78 is 18.3. The highest BCUT2D eigenvalue weighted by atomic mass is 32.2. The van der Waals surface area contributed by atoms with Crippen molar-refractivity contribution in [3.05, 3.63) is 51.2 Å². The molecule has 0 radical (unpaired) electrons. The molecule has 10 nitrogen and oxygen atoms in total. The van der Waals surface area contributed by atoms with Crippen LogP contribution in [-0.2, 0) is 29.7 Å². The van der Waals surface area contributed by atoms with Gasteiger partial charge in [-0.3, -0.25) is 13.9 Å². The Morgan fingerprint density at radius 2 is 1.81 bits per heavy atom. The van der Waals surface area contributed by atoms with Gasteiger partial charge < -0.3 is 23.4 Å². The second-order valence-electron chi connectivity index (χ2n) is 5.62. The van der Waals surface area contributed by atoms with Crippen molar-refractivity contribution in [3.8, 4) is 0 Å². The highest BCUT2D eigenvalue weighted by Crippen LogP contribution is 2.28. The summed E-state index contributed by atoms with van der Waals surface area (Å²) in [6, 6.07) is 9.41. The fourth-order valence-electron chi connectivity index (χ4n) is 2.55. The molecule has 2 heterocycles. The Morgan fingerprint density at radius 1 is 1.15 bits per heavy atom. The molecule has 0 fully saturated rings.